The number of aromatic nitrogens is 3. The molecule has 2 rings (SSSR count). The van der Waals surface area contributed by atoms with Crippen molar-refractivity contribution in [1.82, 2.24) is 14.8 Å². The molecule has 8 nitrogen and oxygen atoms in total. The van der Waals surface area contributed by atoms with E-state index in [1.54, 1.807) is 17.9 Å². The Bertz CT molecular complexity index is 625. The first kappa shape index (κ1) is 14.0. The summed E-state index contributed by atoms with van der Waals surface area (Å²) in [6.07, 6.45) is 1.55. The third kappa shape index (κ3) is 3.54. The third-order valence-corrected chi connectivity index (χ3v) is 3.40. The van der Waals surface area contributed by atoms with E-state index < -0.39 is 4.92 Å². The van der Waals surface area contributed by atoms with Crippen LogP contribution in [0.5, 0.6) is 0 Å². The van der Waals surface area contributed by atoms with E-state index in [9.17, 15) is 14.9 Å². The lowest BCUT2D eigenvalue weighted by atomic mass is 10.3. The van der Waals surface area contributed by atoms with E-state index in [1.807, 2.05) is 0 Å². The second-order valence-corrected chi connectivity index (χ2v) is 4.81. The molecule has 0 radical (unpaired) electrons. The SMILES string of the molecule is Cn1cnnc1SCC(=O)Nc1ccc([N+](=O)[O-])cc1. The lowest BCUT2D eigenvalue weighted by Crippen LogP contribution is -2.14. The third-order valence-electron chi connectivity index (χ3n) is 2.36. The number of aryl methyl sites for hydroxylation is 1. The molecule has 1 heterocycles. The van der Waals surface area contributed by atoms with E-state index in [0.29, 0.717) is 10.8 Å². The van der Waals surface area contributed by atoms with E-state index in [0.717, 1.165) is 0 Å². The molecule has 0 saturated carbocycles. The van der Waals surface area contributed by atoms with Crippen molar-refractivity contribution < 1.29 is 9.72 Å². The highest BCUT2D eigenvalue weighted by Gasteiger charge is 2.08. The smallest absolute Gasteiger partial charge is 0.269 e. The molecule has 1 N–H and O–H groups in total. The van der Waals surface area contributed by atoms with Crippen LogP contribution in [0.3, 0.4) is 0 Å². The molecule has 0 atom stereocenters. The fourth-order valence-corrected chi connectivity index (χ4v) is 2.08. The number of thioether (sulfide) groups is 1. The number of non-ortho nitro benzene ring substituents is 1. The van der Waals surface area contributed by atoms with Crippen LogP contribution in [0.25, 0.3) is 0 Å². The lowest BCUT2D eigenvalue weighted by molar-refractivity contribution is -0.384. The average Bonchev–Trinajstić information content (AvgIpc) is 2.82. The number of anilines is 1. The molecule has 9 heteroatoms. The second-order valence-electron chi connectivity index (χ2n) is 3.87. The van der Waals surface area contributed by atoms with Gasteiger partial charge in [-0.3, -0.25) is 14.9 Å². The van der Waals surface area contributed by atoms with Gasteiger partial charge in [0.05, 0.1) is 10.7 Å². The van der Waals surface area contributed by atoms with Gasteiger partial charge in [-0.15, -0.1) is 10.2 Å². The highest BCUT2D eigenvalue weighted by molar-refractivity contribution is 7.99. The lowest BCUT2D eigenvalue weighted by Gasteiger charge is -2.04. The second kappa shape index (κ2) is 6.15. The average molecular weight is 293 g/mol. The van der Waals surface area contributed by atoms with Crippen molar-refractivity contribution in [3.05, 3.63) is 40.7 Å². The number of benzene rings is 1. The van der Waals surface area contributed by atoms with Gasteiger partial charge in [-0.05, 0) is 12.1 Å². The molecule has 0 aliphatic rings. The number of nitro benzene ring substituents is 1. The van der Waals surface area contributed by atoms with Crippen molar-refractivity contribution >= 4 is 29.0 Å². The Morgan fingerprint density at radius 3 is 2.70 bits per heavy atom. The highest BCUT2D eigenvalue weighted by atomic mass is 32.2. The summed E-state index contributed by atoms with van der Waals surface area (Å²) in [5.41, 5.74) is 0.496. The molecular formula is C11H11N5O3S. The van der Waals surface area contributed by atoms with Crippen LogP contribution >= 0.6 is 11.8 Å². The first-order valence-corrected chi connectivity index (χ1v) is 6.56. The van der Waals surface area contributed by atoms with Gasteiger partial charge in [0.1, 0.15) is 6.33 Å². The Morgan fingerprint density at radius 1 is 1.45 bits per heavy atom. The van der Waals surface area contributed by atoms with Crippen molar-refractivity contribution in [2.45, 2.75) is 5.16 Å². The van der Waals surface area contributed by atoms with Crippen LogP contribution in [0.15, 0.2) is 35.7 Å². The number of nitrogens with zero attached hydrogens (tertiary/aromatic N) is 4. The van der Waals surface area contributed by atoms with Crippen LogP contribution in [-0.4, -0.2) is 31.3 Å². The summed E-state index contributed by atoms with van der Waals surface area (Å²) in [7, 11) is 1.79. The van der Waals surface area contributed by atoms with E-state index >= 15 is 0 Å². The first-order chi connectivity index (χ1) is 9.56. The molecule has 20 heavy (non-hydrogen) atoms. The van der Waals surface area contributed by atoms with E-state index in [-0.39, 0.29) is 17.3 Å². The highest BCUT2D eigenvalue weighted by Crippen LogP contribution is 2.17. The van der Waals surface area contributed by atoms with Crippen LogP contribution in [0.1, 0.15) is 0 Å². The van der Waals surface area contributed by atoms with Gasteiger partial charge in [-0.1, -0.05) is 11.8 Å². The first-order valence-electron chi connectivity index (χ1n) is 5.57. The molecule has 0 unspecified atom stereocenters. The fraction of sp³-hybridized carbons (Fsp3) is 0.182. The number of nitrogens with one attached hydrogen (secondary N) is 1. The Hall–Kier alpha value is -2.42. The Labute approximate surface area is 118 Å². The van der Waals surface area contributed by atoms with Gasteiger partial charge < -0.3 is 9.88 Å². The van der Waals surface area contributed by atoms with Gasteiger partial charge in [0.2, 0.25) is 5.91 Å². The predicted molar refractivity (Wildman–Crippen MR) is 73.5 cm³/mol. The molecule has 104 valence electrons. The zero-order chi connectivity index (χ0) is 14.5. The van der Waals surface area contributed by atoms with Gasteiger partial charge in [0.15, 0.2) is 5.16 Å². The maximum Gasteiger partial charge on any atom is 0.269 e. The molecule has 0 aliphatic heterocycles. The molecule has 0 fully saturated rings. The van der Waals surface area contributed by atoms with Crippen LogP contribution in [0, 0.1) is 10.1 Å². The predicted octanol–water partition coefficient (Wildman–Crippen LogP) is 1.45. The van der Waals surface area contributed by atoms with Crippen LogP contribution in [0.4, 0.5) is 11.4 Å². The fourth-order valence-electron chi connectivity index (χ4n) is 1.40. The zero-order valence-corrected chi connectivity index (χ0v) is 11.3. The van der Waals surface area contributed by atoms with Gasteiger partial charge in [0.25, 0.3) is 5.69 Å². The molecule has 1 aromatic carbocycles. The molecule has 0 bridgehead atoms. The minimum atomic E-state index is -0.491. The maximum atomic E-state index is 11.7. The number of nitro groups is 1. The summed E-state index contributed by atoms with van der Waals surface area (Å²) in [6, 6.07) is 5.66. The van der Waals surface area contributed by atoms with Crippen LogP contribution in [0.2, 0.25) is 0 Å². The summed E-state index contributed by atoms with van der Waals surface area (Å²) in [4.78, 5) is 21.7. The topological polar surface area (TPSA) is 103 Å². The van der Waals surface area contributed by atoms with Gasteiger partial charge in [-0.25, -0.2) is 0 Å². The molecule has 2 aromatic rings. The number of hydrogen-bond acceptors (Lipinski definition) is 6. The quantitative estimate of drug-likeness (QED) is 0.508. The van der Waals surface area contributed by atoms with Gasteiger partial charge in [0, 0.05) is 24.9 Å². The van der Waals surface area contributed by atoms with Crippen LogP contribution in [-0.2, 0) is 11.8 Å². The normalized spacial score (nSPS) is 10.2. The number of rotatable bonds is 5. The summed E-state index contributed by atoms with van der Waals surface area (Å²) in [6.45, 7) is 0. The summed E-state index contributed by atoms with van der Waals surface area (Å²) >= 11 is 1.26. The van der Waals surface area contributed by atoms with E-state index in [4.69, 9.17) is 0 Å². The molecule has 0 saturated heterocycles. The summed E-state index contributed by atoms with van der Waals surface area (Å²) in [5.74, 6) is -0.0318. The summed E-state index contributed by atoms with van der Waals surface area (Å²) < 4.78 is 1.71. The van der Waals surface area contributed by atoms with Gasteiger partial charge >= 0.3 is 0 Å². The minimum absolute atomic E-state index is 0.0172. The largest absolute Gasteiger partial charge is 0.325 e. The van der Waals surface area contributed by atoms with Crippen LogP contribution < -0.4 is 5.32 Å². The minimum Gasteiger partial charge on any atom is -0.325 e. The molecule has 1 amide bonds. The standard InChI is InChI=1S/C11H11N5O3S/c1-15-7-12-14-11(15)20-6-10(17)13-8-2-4-9(5-3-8)16(18)19/h2-5,7H,6H2,1H3,(H,13,17). The van der Waals surface area contributed by atoms with E-state index in [1.165, 1.54) is 36.0 Å². The Morgan fingerprint density at radius 2 is 2.15 bits per heavy atom. The molecular weight excluding hydrogens is 282 g/mol. The number of carbonyl (C=O) groups excluding carboxylic acids is 1. The van der Waals surface area contributed by atoms with Crippen molar-refractivity contribution in [3.8, 4) is 0 Å². The maximum absolute atomic E-state index is 11.7. The number of carbonyl (C=O) groups is 1. The molecule has 1 aromatic heterocycles. The Balaban J connectivity index is 1.88. The Kier molecular flexibility index (Phi) is 4.31. The van der Waals surface area contributed by atoms with Crippen molar-refractivity contribution in [3.63, 3.8) is 0 Å². The molecule has 0 spiro atoms. The monoisotopic (exact) mass is 293 g/mol. The van der Waals surface area contributed by atoms with Crippen molar-refractivity contribution in [2.75, 3.05) is 11.1 Å². The number of hydrogen-bond donors (Lipinski definition) is 1. The molecule has 0 aliphatic carbocycles. The summed E-state index contributed by atoms with van der Waals surface area (Å²) in [5, 5.41) is 21.3. The van der Waals surface area contributed by atoms with Crippen molar-refractivity contribution in [2.24, 2.45) is 7.05 Å². The number of amides is 1. The van der Waals surface area contributed by atoms with Gasteiger partial charge in [-0.2, -0.15) is 0 Å². The van der Waals surface area contributed by atoms with Crippen molar-refractivity contribution in [1.29, 1.82) is 0 Å². The zero-order valence-electron chi connectivity index (χ0n) is 10.5. The van der Waals surface area contributed by atoms with E-state index in [2.05, 4.69) is 15.5 Å².